The van der Waals surface area contributed by atoms with Gasteiger partial charge in [0.25, 0.3) is 0 Å². The normalized spacial score (nSPS) is 10.9. The molecule has 35 heavy (non-hydrogen) atoms. The van der Waals surface area contributed by atoms with E-state index >= 15 is 0 Å². The van der Waals surface area contributed by atoms with Gasteiger partial charge in [0, 0.05) is 11.1 Å². The summed E-state index contributed by atoms with van der Waals surface area (Å²) < 4.78 is 11.5. The van der Waals surface area contributed by atoms with Gasteiger partial charge in [-0.25, -0.2) is 9.99 Å². The fraction of sp³-hybridized carbons (Fsp3) is 0.0385. The number of amides is 1. The maximum Gasteiger partial charge on any atom is 0.308 e. The van der Waals surface area contributed by atoms with E-state index in [0.717, 1.165) is 11.1 Å². The molecule has 0 fully saturated rings. The Hall–Kier alpha value is -4.63. The summed E-state index contributed by atoms with van der Waals surface area (Å²) in [6, 6.07) is 22.3. The topological polar surface area (TPSA) is 124 Å². The second-order valence-electron chi connectivity index (χ2n) is 7.87. The summed E-state index contributed by atoms with van der Waals surface area (Å²) in [4.78, 5) is 17.9. The molecule has 9 heteroatoms. The first-order valence-electron chi connectivity index (χ1n) is 10.7. The monoisotopic (exact) mass is 483 g/mol. The number of fused-ring (bicyclic) bond motifs is 1. The van der Waals surface area contributed by atoms with Gasteiger partial charge >= 0.3 is 5.91 Å². The highest BCUT2D eigenvalue weighted by molar-refractivity contribution is 7.80. The van der Waals surface area contributed by atoms with Crippen LogP contribution in [0.4, 0.5) is 11.4 Å². The van der Waals surface area contributed by atoms with Crippen molar-refractivity contribution in [1.82, 2.24) is 10.4 Å². The number of nitrogens with one attached hydrogen (secondary N) is 1. The van der Waals surface area contributed by atoms with E-state index in [0.29, 0.717) is 28.1 Å². The number of nitrogens with zero attached hydrogens (tertiary/aromatic N) is 2. The van der Waals surface area contributed by atoms with Crippen molar-refractivity contribution in [1.29, 1.82) is 0 Å². The molecule has 3 aromatic heterocycles. The fourth-order valence-electron chi connectivity index (χ4n) is 3.76. The predicted octanol–water partition coefficient (Wildman–Crippen LogP) is 5.04. The van der Waals surface area contributed by atoms with Gasteiger partial charge in [0.1, 0.15) is 5.76 Å². The van der Waals surface area contributed by atoms with E-state index in [1.807, 2.05) is 49.4 Å². The van der Waals surface area contributed by atoms with Crippen LogP contribution in [0, 0.1) is 6.92 Å². The van der Waals surface area contributed by atoms with E-state index in [9.17, 15) is 4.79 Å². The number of benzene rings is 2. The standard InChI is InChI=1S/C26H21N5O3S/c1-15-9-11-16(12-10-15)19-14-18(20-8-5-13-33-20)21-22(27)23(34-25(21)29-19)24(32)30-31(26(28)35)17-6-3-2-4-7-17/h2-14H,27H2,1H3,(H2,28,35)(H,30,32). The van der Waals surface area contributed by atoms with Crippen molar-refractivity contribution in [3.05, 3.63) is 90.4 Å². The lowest BCUT2D eigenvalue weighted by atomic mass is 10.0. The number of nitrogen functional groups attached to an aromatic ring is 1. The number of aromatic nitrogens is 1. The minimum absolute atomic E-state index is 0.0460. The smallest absolute Gasteiger partial charge is 0.308 e. The maximum atomic E-state index is 13.2. The second-order valence-corrected chi connectivity index (χ2v) is 8.29. The number of rotatable bonds is 4. The van der Waals surface area contributed by atoms with Gasteiger partial charge < -0.3 is 20.3 Å². The molecular weight excluding hydrogens is 462 g/mol. The number of carbonyl (C=O) groups is 1. The first-order chi connectivity index (χ1) is 16.9. The number of para-hydroxylation sites is 1. The zero-order valence-electron chi connectivity index (χ0n) is 18.7. The van der Waals surface area contributed by atoms with Crippen LogP contribution in [0.25, 0.3) is 33.7 Å². The van der Waals surface area contributed by atoms with E-state index in [-0.39, 0.29) is 22.3 Å². The first kappa shape index (κ1) is 22.2. The Balaban J connectivity index is 1.61. The Morgan fingerprint density at radius 1 is 1.06 bits per heavy atom. The van der Waals surface area contributed by atoms with Crippen LogP contribution in [-0.2, 0) is 0 Å². The molecule has 0 aliphatic heterocycles. The number of hydrazine groups is 1. The second kappa shape index (κ2) is 8.96. The number of furan rings is 2. The van der Waals surface area contributed by atoms with E-state index in [2.05, 4.69) is 10.4 Å². The van der Waals surface area contributed by atoms with Crippen LogP contribution in [0.15, 0.2) is 87.9 Å². The Bertz CT molecular complexity index is 1530. The van der Waals surface area contributed by atoms with Crippen LogP contribution in [0.1, 0.15) is 16.1 Å². The average Bonchev–Trinajstić information content (AvgIpc) is 3.51. The molecule has 0 radical (unpaired) electrons. The summed E-state index contributed by atoms with van der Waals surface area (Å²) >= 11 is 5.12. The molecule has 0 atom stereocenters. The van der Waals surface area contributed by atoms with Gasteiger partial charge in [-0.1, -0.05) is 48.0 Å². The number of anilines is 2. The number of nitrogens with two attached hydrogens (primary N) is 2. The van der Waals surface area contributed by atoms with Crippen LogP contribution in [0.2, 0.25) is 0 Å². The molecule has 0 aliphatic rings. The average molecular weight is 484 g/mol. The molecule has 1 amide bonds. The Labute approximate surface area is 206 Å². The molecule has 0 spiro atoms. The van der Waals surface area contributed by atoms with Crippen LogP contribution >= 0.6 is 12.2 Å². The van der Waals surface area contributed by atoms with Crippen molar-refractivity contribution in [3.8, 4) is 22.6 Å². The zero-order chi connectivity index (χ0) is 24.5. The molecule has 0 saturated heterocycles. The molecule has 8 nitrogen and oxygen atoms in total. The highest BCUT2D eigenvalue weighted by atomic mass is 32.1. The quantitative estimate of drug-likeness (QED) is 0.240. The lowest BCUT2D eigenvalue weighted by molar-refractivity contribution is 0.0930. The molecule has 0 bridgehead atoms. The lowest BCUT2D eigenvalue weighted by Gasteiger charge is -2.22. The summed E-state index contributed by atoms with van der Waals surface area (Å²) in [7, 11) is 0. The van der Waals surface area contributed by atoms with Crippen molar-refractivity contribution >= 4 is 45.7 Å². The van der Waals surface area contributed by atoms with E-state index in [1.165, 1.54) is 5.01 Å². The number of aryl methyl sites for hydroxylation is 1. The summed E-state index contributed by atoms with van der Waals surface area (Å²) in [6.45, 7) is 2.01. The maximum absolute atomic E-state index is 13.2. The van der Waals surface area contributed by atoms with Crippen LogP contribution in [-0.4, -0.2) is 16.0 Å². The van der Waals surface area contributed by atoms with E-state index in [4.69, 9.17) is 32.5 Å². The first-order valence-corrected chi connectivity index (χ1v) is 11.1. The summed E-state index contributed by atoms with van der Waals surface area (Å²) in [5.41, 5.74) is 19.2. The van der Waals surface area contributed by atoms with Crippen molar-refractivity contribution in [2.75, 3.05) is 10.7 Å². The lowest BCUT2D eigenvalue weighted by Crippen LogP contribution is -2.49. The van der Waals surface area contributed by atoms with Gasteiger partial charge in [-0.3, -0.25) is 10.2 Å². The van der Waals surface area contributed by atoms with Gasteiger partial charge in [0.15, 0.2) is 5.11 Å². The van der Waals surface area contributed by atoms with Gasteiger partial charge in [-0.15, -0.1) is 0 Å². The Kier molecular flexibility index (Phi) is 5.68. The zero-order valence-corrected chi connectivity index (χ0v) is 19.5. The Morgan fingerprint density at radius 3 is 2.46 bits per heavy atom. The summed E-state index contributed by atoms with van der Waals surface area (Å²) in [5, 5.41) is 1.71. The number of hydrogen-bond acceptors (Lipinski definition) is 6. The minimum atomic E-state index is -0.626. The summed E-state index contributed by atoms with van der Waals surface area (Å²) in [5.74, 6) is -0.169. The minimum Gasteiger partial charge on any atom is -0.464 e. The third-order valence-corrected chi connectivity index (χ3v) is 5.67. The van der Waals surface area contributed by atoms with Gasteiger partial charge in [0.05, 0.1) is 28.7 Å². The number of thiocarbonyl (C=S) groups is 1. The van der Waals surface area contributed by atoms with E-state index < -0.39 is 5.91 Å². The van der Waals surface area contributed by atoms with Crippen molar-refractivity contribution in [2.24, 2.45) is 5.73 Å². The molecule has 0 aliphatic carbocycles. The fourth-order valence-corrected chi connectivity index (χ4v) is 3.92. The molecule has 5 rings (SSSR count). The predicted molar refractivity (Wildman–Crippen MR) is 139 cm³/mol. The number of pyridine rings is 1. The molecule has 0 saturated carbocycles. The molecular formula is C26H21N5O3S. The van der Waals surface area contributed by atoms with Crippen molar-refractivity contribution < 1.29 is 13.6 Å². The Morgan fingerprint density at radius 2 is 1.80 bits per heavy atom. The highest BCUT2D eigenvalue weighted by Gasteiger charge is 2.26. The van der Waals surface area contributed by atoms with Gasteiger partial charge in [0.2, 0.25) is 11.5 Å². The summed E-state index contributed by atoms with van der Waals surface area (Å²) in [6.07, 6.45) is 1.57. The molecule has 5 aromatic rings. The van der Waals surface area contributed by atoms with E-state index in [1.54, 1.807) is 36.6 Å². The van der Waals surface area contributed by atoms with Gasteiger partial charge in [-0.05, 0) is 49.5 Å². The molecule has 5 N–H and O–H groups in total. The molecule has 0 unspecified atom stereocenters. The van der Waals surface area contributed by atoms with Crippen LogP contribution in [0.3, 0.4) is 0 Å². The molecule has 174 valence electrons. The number of carbonyl (C=O) groups excluding carboxylic acids is 1. The van der Waals surface area contributed by atoms with Crippen molar-refractivity contribution in [2.45, 2.75) is 6.92 Å². The van der Waals surface area contributed by atoms with Crippen molar-refractivity contribution in [3.63, 3.8) is 0 Å². The number of hydrogen-bond donors (Lipinski definition) is 3. The highest BCUT2D eigenvalue weighted by Crippen LogP contribution is 2.38. The molecule has 3 heterocycles. The SMILES string of the molecule is Cc1ccc(-c2cc(-c3ccco3)c3c(N)c(C(=O)NN(C(N)=S)c4ccccc4)oc3n2)cc1. The third kappa shape index (κ3) is 4.20. The van der Waals surface area contributed by atoms with Gasteiger partial charge in [-0.2, -0.15) is 0 Å². The van der Waals surface area contributed by atoms with Crippen LogP contribution < -0.4 is 21.9 Å². The largest absolute Gasteiger partial charge is 0.464 e. The van der Waals surface area contributed by atoms with Crippen LogP contribution in [0.5, 0.6) is 0 Å². The molecule has 2 aromatic carbocycles. The third-order valence-electron chi connectivity index (χ3n) is 5.49.